The summed E-state index contributed by atoms with van der Waals surface area (Å²) >= 11 is 0. The number of carbonyl (C=O) groups is 2. The monoisotopic (exact) mass is 398 g/mol. The van der Waals surface area contributed by atoms with Crippen molar-refractivity contribution in [3.63, 3.8) is 0 Å². The molecule has 0 radical (unpaired) electrons. The van der Waals surface area contributed by atoms with E-state index in [0.29, 0.717) is 24.4 Å². The second kappa shape index (κ2) is 8.66. The summed E-state index contributed by atoms with van der Waals surface area (Å²) in [5.74, 6) is 0.345. The maximum atomic E-state index is 12.5. The van der Waals surface area contributed by atoms with Crippen LogP contribution in [0, 0.1) is 0 Å². The van der Waals surface area contributed by atoms with Crippen molar-refractivity contribution in [2.24, 2.45) is 0 Å². The number of nitrogens with one attached hydrogen (secondary N) is 1. The lowest BCUT2D eigenvalue weighted by Gasteiger charge is -2.17. The van der Waals surface area contributed by atoms with Crippen LogP contribution in [0.1, 0.15) is 27.0 Å². The minimum absolute atomic E-state index is 0.0510. The van der Waals surface area contributed by atoms with Gasteiger partial charge in [0.1, 0.15) is 18.9 Å². The SMILES string of the molecule is C=C1c2ccccc2C(=O)N1CC(=O)NCc1ccc(OCc2ccccc2)cc1. The van der Waals surface area contributed by atoms with E-state index in [0.717, 1.165) is 22.4 Å². The van der Waals surface area contributed by atoms with Crippen LogP contribution < -0.4 is 10.1 Å². The van der Waals surface area contributed by atoms with E-state index in [1.807, 2.05) is 66.7 Å². The maximum absolute atomic E-state index is 12.5. The fourth-order valence-corrected chi connectivity index (χ4v) is 3.35. The van der Waals surface area contributed by atoms with Crippen LogP contribution in [0.3, 0.4) is 0 Å². The lowest BCUT2D eigenvalue weighted by atomic mass is 10.1. The average molecular weight is 398 g/mol. The third-order valence-corrected chi connectivity index (χ3v) is 5.00. The summed E-state index contributed by atoms with van der Waals surface area (Å²) in [7, 11) is 0. The van der Waals surface area contributed by atoms with E-state index in [4.69, 9.17) is 4.74 Å². The van der Waals surface area contributed by atoms with Gasteiger partial charge in [0, 0.05) is 23.4 Å². The first-order chi connectivity index (χ1) is 14.6. The molecule has 1 aliphatic rings. The average Bonchev–Trinajstić information content (AvgIpc) is 3.03. The van der Waals surface area contributed by atoms with Crippen molar-refractivity contribution in [1.82, 2.24) is 10.2 Å². The van der Waals surface area contributed by atoms with Crippen molar-refractivity contribution in [2.75, 3.05) is 6.54 Å². The highest BCUT2D eigenvalue weighted by molar-refractivity contribution is 6.10. The Bertz CT molecular complexity index is 1040. The molecule has 150 valence electrons. The molecular formula is C25H22N2O3. The molecule has 1 aliphatic heterocycles. The fraction of sp³-hybridized carbons (Fsp3) is 0.120. The Morgan fingerprint density at radius 1 is 0.867 bits per heavy atom. The Hall–Kier alpha value is -3.86. The van der Waals surface area contributed by atoms with E-state index >= 15 is 0 Å². The number of rotatable bonds is 7. The molecule has 0 bridgehead atoms. The number of benzene rings is 3. The molecule has 0 spiro atoms. The van der Waals surface area contributed by atoms with Crippen LogP contribution in [0.15, 0.2) is 85.4 Å². The molecule has 4 rings (SSSR count). The molecule has 0 saturated heterocycles. The van der Waals surface area contributed by atoms with Crippen LogP contribution in [0.4, 0.5) is 0 Å². The van der Waals surface area contributed by atoms with E-state index in [2.05, 4.69) is 11.9 Å². The quantitative estimate of drug-likeness (QED) is 0.654. The van der Waals surface area contributed by atoms with Crippen molar-refractivity contribution in [3.8, 4) is 5.75 Å². The Labute approximate surface area is 175 Å². The summed E-state index contributed by atoms with van der Waals surface area (Å²) in [6.45, 7) is 4.79. The number of fused-ring (bicyclic) bond motifs is 1. The smallest absolute Gasteiger partial charge is 0.259 e. The van der Waals surface area contributed by atoms with Gasteiger partial charge < -0.3 is 10.1 Å². The summed E-state index contributed by atoms with van der Waals surface area (Å²) < 4.78 is 5.77. The van der Waals surface area contributed by atoms with E-state index < -0.39 is 0 Å². The highest BCUT2D eigenvalue weighted by Gasteiger charge is 2.31. The molecule has 0 atom stereocenters. The normalized spacial score (nSPS) is 12.6. The van der Waals surface area contributed by atoms with Crippen LogP contribution in [-0.4, -0.2) is 23.3 Å². The minimum Gasteiger partial charge on any atom is -0.489 e. The Morgan fingerprint density at radius 2 is 1.53 bits per heavy atom. The van der Waals surface area contributed by atoms with Gasteiger partial charge in [0.05, 0.1) is 0 Å². The minimum atomic E-state index is -0.235. The number of nitrogens with zero attached hydrogens (tertiary/aromatic N) is 1. The molecule has 0 unspecified atom stereocenters. The first-order valence-electron chi connectivity index (χ1n) is 9.74. The summed E-state index contributed by atoms with van der Waals surface area (Å²) in [4.78, 5) is 26.3. The van der Waals surface area contributed by atoms with E-state index in [-0.39, 0.29) is 18.4 Å². The van der Waals surface area contributed by atoms with E-state index in [1.165, 1.54) is 4.90 Å². The number of amides is 2. The molecule has 1 N–H and O–H groups in total. The molecule has 5 heteroatoms. The highest BCUT2D eigenvalue weighted by Crippen LogP contribution is 2.30. The predicted octanol–water partition coefficient (Wildman–Crippen LogP) is 4.01. The van der Waals surface area contributed by atoms with Gasteiger partial charge in [-0.15, -0.1) is 0 Å². The zero-order valence-electron chi connectivity index (χ0n) is 16.5. The largest absolute Gasteiger partial charge is 0.489 e. The molecule has 1 heterocycles. The van der Waals surface area contributed by atoms with Gasteiger partial charge in [-0.2, -0.15) is 0 Å². The van der Waals surface area contributed by atoms with Crippen molar-refractivity contribution in [3.05, 3.63) is 108 Å². The lowest BCUT2D eigenvalue weighted by Crippen LogP contribution is -2.36. The molecule has 0 saturated carbocycles. The van der Waals surface area contributed by atoms with Crippen LogP contribution in [-0.2, 0) is 17.9 Å². The highest BCUT2D eigenvalue weighted by atomic mass is 16.5. The number of hydrogen-bond acceptors (Lipinski definition) is 3. The van der Waals surface area contributed by atoms with Gasteiger partial charge in [-0.3, -0.25) is 14.5 Å². The fourth-order valence-electron chi connectivity index (χ4n) is 3.35. The number of carbonyl (C=O) groups excluding carboxylic acids is 2. The third kappa shape index (κ3) is 4.25. The second-order valence-electron chi connectivity index (χ2n) is 7.08. The molecular weight excluding hydrogens is 376 g/mol. The lowest BCUT2D eigenvalue weighted by molar-refractivity contribution is -0.121. The summed E-state index contributed by atoms with van der Waals surface area (Å²) in [5, 5.41) is 2.86. The predicted molar refractivity (Wildman–Crippen MR) is 116 cm³/mol. The van der Waals surface area contributed by atoms with Crippen molar-refractivity contribution >= 4 is 17.5 Å². The van der Waals surface area contributed by atoms with Crippen LogP contribution in [0.25, 0.3) is 5.70 Å². The van der Waals surface area contributed by atoms with Crippen LogP contribution >= 0.6 is 0 Å². The first kappa shape index (κ1) is 19.5. The number of ether oxygens (including phenoxy) is 1. The van der Waals surface area contributed by atoms with E-state index in [9.17, 15) is 9.59 Å². The van der Waals surface area contributed by atoms with Crippen molar-refractivity contribution < 1.29 is 14.3 Å². The van der Waals surface area contributed by atoms with Gasteiger partial charge in [0.25, 0.3) is 5.91 Å². The molecule has 3 aromatic rings. The summed E-state index contributed by atoms with van der Waals surface area (Å²) in [6.07, 6.45) is 0. The Balaban J connectivity index is 1.27. The van der Waals surface area contributed by atoms with Crippen LogP contribution in [0.5, 0.6) is 5.75 Å². The number of hydrogen-bond donors (Lipinski definition) is 1. The van der Waals surface area contributed by atoms with Gasteiger partial charge in [-0.05, 0) is 29.3 Å². The zero-order chi connectivity index (χ0) is 20.9. The maximum Gasteiger partial charge on any atom is 0.259 e. The molecule has 0 aromatic heterocycles. The van der Waals surface area contributed by atoms with E-state index in [1.54, 1.807) is 12.1 Å². The van der Waals surface area contributed by atoms with Crippen molar-refractivity contribution in [2.45, 2.75) is 13.2 Å². The summed E-state index contributed by atoms with van der Waals surface area (Å²) in [6, 6.07) is 24.8. The topological polar surface area (TPSA) is 58.6 Å². The second-order valence-corrected chi connectivity index (χ2v) is 7.08. The molecule has 30 heavy (non-hydrogen) atoms. The Kier molecular flexibility index (Phi) is 5.61. The molecule has 5 nitrogen and oxygen atoms in total. The van der Waals surface area contributed by atoms with Gasteiger partial charge in [-0.1, -0.05) is 67.2 Å². The standard InChI is InChI=1S/C25H22N2O3/c1-18-22-9-5-6-10-23(22)25(29)27(18)16-24(28)26-15-19-11-13-21(14-12-19)30-17-20-7-3-2-4-8-20/h2-14H,1,15-17H2,(H,26,28). The van der Waals surface area contributed by atoms with Gasteiger partial charge in [0.15, 0.2) is 0 Å². The van der Waals surface area contributed by atoms with Gasteiger partial charge >= 0.3 is 0 Å². The van der Waals surface area contributed by atoms with Crippen molar-refractivity contribution in [1.29, 1.82) is 0 Å². The van der Waals surface area contributed by atoms with Gasteiger partial charge in [0.2, 0.25) is 5.91 Å². The Morgan fingerprint density at radius 3 is 2.23 bits per heavy atom. The third-order valence-electron chi connectivity index (χ3n) is 5.00. The summed E-state index contributed by atoms with van der Waals surface area (Å²) in [5.41, 5.74) is 3.98. The zero-order valence-corrected chi connectivity index (χ0v) is 16.5. The first-order valence-corrected chi connectivity index (χ1v) is 9.74. The molecule has 2 amide bonds. The van der Waals surface area contributed by atoms with Gasteiger partial charge in [-0.25, -0.2) is 0 Å². The molecule has 0 aliphatic carbocycles. The molecule has 0 fully saturated rings. The van der Waals surface area contributed by atoms with Crippen LogP contribution in [0.2, 0.25) is 0 Å². The molecule has 3 aromatic carbocycles.